The molecule has 0 aliphatic rings. The molecule has 1 aromatic carbocycles. The Bertz CT molecular complexity index is 477. The van der Waals surface area contributed by atoms with Gasteiger partial charge >= 0.3 is 5.97 Å². The second-order valence-electron chi connectivity index (χ2n) is 4.39. The maximum absolute atomic E-state index is 11.3. The molecule has 1 amide bonds. The highest BCUT2D eigenvalue weighted by Gasteiger charge is 2.11. The van der Waals surface area contributed by atoms with Crippen molar-refractivity contribution < 1.29 is 14.7 Å². The molecule has 104 valence electrons. The highest BCUT2D eigenvalue weighted by molar-refractivity contribution is 9.10. The SMILES string of the molecule is CC(CCCC(=O)O)Nc1cc(Br)ccc1C(N)=O. The molecule has 1 aromatic rings. The minimum absolute atomic E-state index is 0.0618. The first-order valence-electron chi connectivity index (χ1n) is 5.98. The number of carboxylic acids is 1. The number of amides is 1. The Kier molecular flexibility index (Phi) is 5.82. The lowest BCUT2D eigenvalue weighted by Crippen LogP contribution is -2.20. The van der Waals surface area contributed by atoms with Crippen LogP contribution in [0.25, 0.3) is 0 Å². The third-order valence-electron chi connectivity index (χ3n) is 2.68. The second-order valence-corrected chi connectivity index (χ2v) is 5.30. The number of hydrogen-bond donors (Lipinski definition) is 3. The molecule has 0 aliphatic heterocycles. The number of rotatable bonds is 7. The lowest BCUT2D eigenvalue weighted by atomic mass is 10.1. The summed E-state index contributed by atoms with van der Waals surface area (Å²) >= 11 is 3.34. The average Bonchev–Trinajstić information content (AvgIpc) is 2.27. The summed E-state index contributed by atoms with van der Waals surface area (Å²) < 4.78 is 0.845. The molecule has 0 spiro atoms. The number of carboxylic acid groups (broad SMARTS) is 1. The van der Waals surface area contributed by atoms with Crippen molar-refractivity contribution in [2.45, 2.75) is 32.2 Å². The minimum Gasteiger partial charge on any atom is -0.481 e. The van der Waals surface area contributed by atoms with Crippen LogP contribution in [0.3, 0.4) is 0 Å². The molecule has 0 aromatic heterocycles. The van der Waals surface area contributed by atoms with Crippen LogP contribution in [0.4, 0.5) is 5.69 Å². The fourth-order valence-electron chi connectivity index (χ4n) is 1.75. The summed E-state index contributed by atoms with van der Waals surface area (Å²) in [5, 5.41) is 11.8. The van der Waals surface area contributed by atoms with Gasteiger partial charge in [-0.25, -0.2) is 0 Å². The van der Waals surface area contributed by atoms with Gasteiger partial charge in [0.1, 0.15) is 0 Å². The maximum Gasteiger partial charge on any atom is 0.303 e. The molecule has 19 heavy (non-hydrogen) atoms. The first-order chi connectivity index (χ1) is 8.90. The van der Waals surface area contributed by atoms with Crippen LogP contribution in [-0.2, 0) is 4.79 Å². The van der Waals surface area contributed by atoms with Gasteiger partial charge in [0, 0.05) is 22.6 Å². The van der Waals surface area contributed by atoms with E-state index in [-0.39, 0.29) is 12.5 Å². The van der Waals surface area contributed by atoms with Gasteiger partial charge in [0.05, 0.1) is 5.56 Å². The second kappa shape index (κ2) is 7.13. The van der Waals surface area contributed by atoms with E-state index < -0.39 is 11.9 Å². The van der Waals surface area contributed by atoms with Gasteiger partial charge in [0.25, 0.3) is 5.91 Å². The molecule has 1 rings (SSSR count). The first-order valence-corrected chi connectivity index (χ1v) is 6.77. The molecular weight excluding hydrogens is 312 g/mol. The molecule has 0 saturated carbocycles. The van der Waals surface area contributed by atoms with Crippen LogP contribution < -0.4 is 11.1 Å². The third kappa shape index (κ3) is 5.30. The van der Waals surface area contributed by atoms with Crippen LogP contribution >= 0.6 is 15.9 Å². The van der Waals surface area contributed by atoms with E-state index in [4.69, 9.17) is 10.8 Å². The van der Waals surface area contributed by atoms with Crippen molar-refractivity contribution in [1.29, 1.82) is 0 Å². The standard InChI is InChI=1S/C13H17BrN2O3/c1-8(3-2-4-12(17)18)16-11-7-9(14)5-6-10(11)13(15)19/h5-8,16H,2-4H2,1H3,(H2,15,19)(H,17,18). The van der Waals surface area contributed by atoms with Gasteiger partial charge in [-0.3, -0.25) is 9.59 Å². The topological polar surface area (TPSA) is 92.4 Å². The molecule has 0 fully saturated rings. The van der Waals surface area contributed by atoms with E-state index in [0.717, 1.165) is 4.47 Å². The van der Waals surface area contributed by atoms with Crippen LogP contribution in [-0.4, -0.2) is 23.0 Å². The number of primary amides is 1. The van der Waals surface area contributed by atoms with E-state index in [9.17, 15) is 9.59 Å². The fraction of sp³-hybridized carbons (Fsp3) is 0.385. The van der Waals surface area contributed by atoms with E-state index in [0.29, 0.717) is 24.1 Å². The Morgan fingerprint density at radius 1 is 1.47 bits per heavy atom. The van der Waals surface area contributed by atoms with Gasteiger partial charge in [-0.05, 0) is 38.0 Å². The highest BCUT2D eigenvalue weighted by Crippen LogP contribution is 2.22. The van der Waals surface area contributed by atoms with Crippen molar-refractivity contribution in [2.75, 3.05) is 5.32 Å². The van der Waals surface area contributed by atoms with Crippen LogP contribution in [0.15, 0.2) is 22.7 Å². The minimum atomic E-state index is -0.799. The number of benzene rings is 1. The molecule has 0 radical (unpaired) electrons. The lowest BCUT2D eigenvalue weighted by molar-refractivity contribution is -0.137. The molecule has 1 unspecified atom stereocenters. The van der Waals surface area contributed by atoms with Crippen molar-refractivity contribution in [3.8, 4) is 0 Å². The number of nitrogens with two attached hydrogens (primary N) is 1. The summed E-state index contributed by atoms with van der Waals surface area (Å²) in [6, 6.07) is 5.25. The normalized spacial score (nSPS) is 11.9. The Balaban J connectivity index is 2.67. The molecule has 6 heteroatoms. The maximum atomic E-state index is 11.3. The van der Waals surface area contributed by atoms with Gasteiger partial charge in [0.2, 0.25) is 0 Å². The fourth-order valence-corrected chi connectivity index (χ4v) is 2.11. The Morgan fingerprint density at radius 2 is 2.16 bits per heavy atom. The molecule has 0 aliphatic carbocycles. The Hall–Kier alpha value is -1.56. The van der Waals surface area contributed by atoms with E-state index in [1.165, 1.54) is 0 Å². The molecule has 1 atom stereocenters. The summed E-state index contributed by atoms with van der Waals surface area (Å²) in [7, 11) is 0. The van der Waals surface area contributed by atoms with Crippen molar-refractivity contribution in [3.05, 3.63) is 28.2 Å². The van der Waals surface area contributed by atoms with Gasteiger partial charge in [0.15, 0.2) is 0 Å². The molecule has 4 N–H and O–H groups in total. The Morgan fingerprint density at radius 3 is 2.74 bits per heavy atom. The zero-order valence-electron chi connectivity index (χ0n) is 10.6. The lowest BCUT2D eigenvalue weighted by Gasteiger charge is -2.17. The van der Waals surface area contributed by atoms with E-state index in [1.807, 2.05) is 6.92 Å². The predicted molar refractivity (Wildman–Crippen MR) is 77.2 cm³/mol. The molecular formula is C13H17BrN2O3. The number of carbonyl (C=O) groups is 2. The highest BCUT2D eigenvalue weighted by atomic mass is 79.9. The number of hydrogen-bond acceptors (Lipinski definition) is 3. The third-order valence-corrected chi connectivity index (χ3v) is 3.17. The summed E-state index contributed by atoms with van der Waals surface area (Å²) in [5.41, 5.74) is 6.39. The Labute approximate surface area is 120 Å². The average molecular weight is 329 g/mol. The number of carbonyl (C=O) groups excluding carboxylic acids is 1. The summed E-state index contributed by atoms with van der Waals surface area (Å²) in [4.78, 5) is 21.7. The van der Waals surface area contributed by atoms with Crippen LogP contribution in [0.5, 0.6) is 0 Å². The van der Waals surface area contributed by atoms with Crippen molar-refractivity contribution in [2.24, 2.45) is 5.73 Å². The van der Waals surface area contributed by atoms with E-state index in [1.54, 1.807) is 18.2 Å². The zero-order chi connectivity index (χ0) is 14.4. The number of aliphatic carboxylic acids is 1. The van der Waals surface area contributed by atoms with Crippen LogP contribution in [0.2, 0.25) is 0 Å². The van der Waals surface area contributed by atoms with Gasteiger partial charge < -0.3 is 16.2 Å². The smallest absolute Gasteiger partial charge is 0.303 e. The molecule has 0 bridgehead atoms. The van der Waals surface area contributed by atoms with Crippen molar-refractivity contribution in [1.82, 2.24) is 0 Å². The van der Waals surface area contributed by atoms with Crippen molar-refractivity contribution in [3.63, 3.8) is 0 Å². The predicted octanol–water partition coefficient (Wildman–Crippen LogP) is 2.60. The quantitative estimate of drug-likeness (QED) is 0.717. The molecule has 0 saturated heterocycles. The van der Waals surface area contributed by atoms with E-state index >= 15 is 0 Å². The summed E-state index contributed by atoms with van der Waals surface area (Å²) in [6.07, 6.45) is 1.44. The number of nitrogens with one attached hydrogen (secondary N) is 1. The van der Waals surface area contributed by atoms with Crippen LogP contribution in [0.1, 0.15) is 36.5 Å². The van der Waals surface area contributed by atoms with Crippen LogP contribution in [0, 0.1) is 0 Å². The largest absolute Gasteiger partial charge is 0.481 e. The number of halogens is 1. The molecule has 0 heterocycles. The van der Waals surface area contributed by atoms with Gasteiger partial charge in [-0.15, -0.1) is 0 Å². The summed E-state index contributed by atoms with van der Waals surface area (Å²) in [5.74, 6) is -1.29. The monoisotopic (exact) mass is 328 g/mol. The molecule has 5 nitrogen and oxygen atoms in total. The van der Waals surface area contributed by atoms with Crippen molar-refractivity contribution >= 4 is 33.5 Å². The van der Waals surface area contributed by atoms with Gasteiger partial charge in [-0.2, -0.15) is 0 Å². The first kappa shape index (κ1) is 15.5. The zero-order valence-corrected chi connectivity index (χ0v) is 12.2. The number of anilines is 1. The summed E-state index contributed by atoms with van der Waals surface area (Å²) in [6.45, 7) is 1.94. The van der Waals surface area contributed by atoms with E-state index in [2.05, 4.69) is 21.2 Å². The van der Waals surface area contributed by atoms with Gasteiger partial charge in [-0.1, -0.05) is 15.9 Å².